The number of hydrazine groups is 1. The molecule has 0 aromatic heterocycles. The summed E-state index contributed by atoms with van der Waals surface area (Å²) in [5.74, 6) is 0. The van der Waals surface area contributed by atoms with Crippen LogP contribution in [0.3, 0.4) is 0 Å². The summed E-state index contributed by atoms with van der Waals surface area (Å²) in [6, 6.07) is 0. The van der Waals surface area contributed by atoms with Crippen molar-refractivity contribution in [1.82, 2.24) is 11.0 Å². The third kappa shape index (κ3) is 5.88. The summed E-state index contributed by atoms with van der Waals surface area (Å²) in [4.78, 5) is 4.77. The highest BCUT2D eigenvalue weighted by molar-refractivity contribution is 4.16. The third-order valence-corrected chi connectivity index (χ3v) is 0.480. The normalized spacial score (nSPS) is 9.43. The average molecular weight is 104 g/mol. The minimum Gasteiger partial charge on any atom is -0.287 e. The summed E-state index contributed by atoms with van der Waals surface area (Å²) in [6.07, 6.45) is 1.04. The SMILES string of the molecule is CCCONNC. The van der Waals surface area contributed by atoms with Gasteiger partial charge in [0.15, 0.2) is 0 Å². The first kappa shape index (κ1) is 6.88. The number of nitrogens with one attached hydrogen (secondary N) is 2. The van der Waals surface area contributed by atoms with Gasteiger partial charge in [0.05, 0.1) is 6.61 Å². The molecular weight excluding hydrogens is 92.1 g/mol. The van der Waals surface area contributed by atoms with Gasteiger partial charge in [0.25, 0.3) is 0 Å². The fourth-order valence-electron chi connectivity index (χ4n) is 0.225. The largest absolute Gasteiger partial charge is 0.287 e. The van der Waals surface area contributed by atoms with Crippen LogP contribution in [0.1, 0.15) is 13.3 Å². The molecule has 0 fully saturated rings. The van der Waals surface area contributed by atoms with Crippen molar-refractivity contribution in [2.24, 2.45) is 0 Å². The lowest BCUT2D eigenvalue weighted by Gasteiger charge is -1.98. The number of hydrogen-bond donors (Lipinski definition) is 2. The zero-order chi connectivity index (χ0) is 5.54. The van der Waals surface area contributed by atoms with E-state index in [0.29, 0.717) is 0 Å². The van der Waals surface area contributed by atoms with Crippen LogP contribution in [0, 0.1) is 0 Å². The first-order valence-corrected chi connectivity index (χ1v) is 2.45. The van der Waals surface area contributed by atoms with Crippen molar-refractivity contribution in [3.05, 3.63) is 0 Å². The first-order valence-electron chi connectivity index (χ1n) is 2.45. The van der Waals surface area contributed by atoms with Gasteiger partial charge in [-0.15, -0.1) is 5.59 Å². The van der Waals surface area contributed by atoms with Crippen molar-refractivity contribution in [1.29, 1.82) is 0 Å². The Bertz CT molecular complexity index is 28.9. The van der Waals surface area contributed by atoms with Crippen molar-refractivity contribution < 1.29 is 4.84 Å². The van der Waals surface area contributed by atoms with Gasteiger partial charge in [0.2, 0.25) is 0 Å². The van der Waals surface area contributed by atoms with Crippen LogP contribution in [0.4, 0.5) is 0 Å². The van der Waals surface area contributed by atoms with Crippen LogP contribution >= 0.6 is 0 Å². The minimum atomic E-state index is 0.751. The Hall–Kier alpha value is -0.120. The summed E-state index contributed by atoms with van der Waals surface area (Å²) >= 11 is 0. The molecule has 3 heteroatoms. The van der Waals surface area contributed by atoms with Crippen LogP contribution < -0.4 is 11.0 Å². The molecule has 3 nitrogen and oxygen atoms in total. The summed E-state index contributed by atoms with van der Waals surface area (Å²) in [5.41, 5.74) is 5.13. The molecule has 0 heterocycles. The maximum Gasteiger partial charge on any atom is 0.0696 e. The lowest BCUT2D eigenvalue weighted by atomic mass is 10.5. The first-order chi connectivity index (χ1) is 3.41. The van der Waals surface area contributed by atoms with Crippen LogP contribution in [0.15, 0.2) is 0 Å². The van der Waals surface area contributed by atoms with Gasteiger partial charge in [0, 0.05) is 7.05 Å². The molecular formula is C4H12N2O. The van der Waals surface area contributed by atoms with Crippen molar-refractivity contribution in [2.75, 3.05) is 13.7 Å². The van der Waals surface area contributed by atoms with E-state index in [0.717, 1.165) is 13.0 Å². The van der Waals surface area contributed by atoms with E-state index in [9.17, 15) is 0 Å². The Labute approximate surface area is 44.0 Å². The third-order valence-electron chi connectivity index (χ3n) is 0.480. The second-order valence-corrected chi connectivity index (χ2v) is 1.20. The molecule has 0 radical (unpaired) electrons. The molecule has 2 N–H and O–H groups in total. The van der Waals surface area contributed by atoms with E-state index in [2.05, 4.69) is 17.9 Å². The van der Waals surface area contributed by atoms with E-state index in [1.54, 1.807) is 7.05 Å². The molecule has 0 aliphatic rings. The highest BCUT2D eigenvalue weighted by Gasteiger charge is 1.75. The smallest absolute Gasteiger partial charge is 0.0696 e. The predicted molar refractivity (Wildman–Crippen MR) is 28.4 cm³/mol. The Kier molecular flexibility index (Phi) is 5.78. The maximum absolute atomic E-state index is 4.77. The van der Waals surface area contributed by atoms with E-state index in [1.807, 2.05) is 0 Å². The van der Waals surface area contributed by atoms with Gasteiger partial charge < -0.3 is 0 Å². The van der Waals surface area contributed by atoms with Gasteiger partial charge >= 0.3 is 0 Å². The Morgan fingerprint density at radius 3 is 2.71 bits per heavy atom. The Balaban J connectivity index is 2.45. The van der Waals surface area contributed by atoms with Crippen LogP contribution in [-0.4, -0.2) is 13.7 Å². The highest BCUT2D eigenvalue weighted by atomic mass is 16.7. The Morgan fingerprint density at radius 2 is 2.29 bits per heavy atom. The minimum absolute atomic E-state index is 0.751. The lowest BCUT2D eigenvalue weighted by molar-refractivity contribution is 0.0170. The molecule has 0 rings (SSSR count). The van der Waals surface area contributed by atoms with Crippen LogP contribution in [0.25, 0.3) is 0 Å². The summed E-state index contributed by atoms with van der Waals surface area (Å²) in [6.45, 7) is 2.80. The molecule has 0 atom stereocenters. The van der Waals surface area contributed by atoms with E-state index < -0.39 is 0 Å². The molecule has 0 saturated carbocycles. The zero-order valence-corrected chi connectivity index (χ0v) is 4.82. The molecule has 0 aliphatic heterocycles. The molecule has 0 aromatic carbocycles. The van der Waals surface area contributed by atoms with Gasteiger partial charge in [0.1, 0.15) is 0 Å². The molecule has 0 bridgehead atoms. The Morgan fingerprint density at radius 1 is 1.57 bits per heavy atom. The topological polar surface area (TPSA) is 33.3 Å². The number of hydrogen-bond acceptors (Lipinski definition) is 3. The van der Waals surface area contributed by atoms with Crippen molar-refractivity contribution in [2.45, 2.75) is 13.3 Å². The predicted octanol–water partition coefficient (Wildman–Crippen LogP) is 0.0520. The standard InChI is InChI=1S/C4H12N2O/c1-3-4-7-6-5-2/h5-6H,3-4H2,1-2H3. The molecule has 0 spiro atoms. The van der Waals surface area contributed by atoms with Gasteiger partial charge in [-0.2, -0.15) is 0 Å². The molecule has 7 heavy (non-hydrogen) atoms. The van der Waals surface area contributed by atoms with Gasteiger partial charge in [-0.1, -0.05) is 6.92 Å². The fraction of sp³-hybridized carbons (Fsp3) is 1.00. The summed E-state index contributed by atoms with van der Waals surface area (Å²) < 4.78 is 0. The highest BCUT2D eigenvalue weighted by Crippen LogP contribution is 1.70. The molecule has 0 unspecified atom stereocenters. The van der Waals surface area contributed by atoms with Crippen molar-refractivity contribution in [3.8, 4) is 0 Å². The van der Waals surface area contributed by atoms with E-state index >= 15 is 0 Å². The molecule has 0 aliphatic carbocycles. The van der Waals surface area contributed by atoms with Gasteiger partial charge in [-0.3, -0.25) is 4.84 Å². The lowest BCUT2D eigenvalue weighted by Crippen LogP contribution is -2.27. The van der Waals surface area contributed by atoms with Crippen molar-refractivity contribution in [3.63, 3.8) is 0 Å². The molecule has 0 aromatic rings. The van der Waals surface area contributed by atoms with Crippen LogP contribution in [-0.2, 0) is 4.84 Å². The van der Waals surface area contributed by atoms with E-state index in [-0.39, 0.29) is 0 Å². The van der Waals surface area contributed by atoms with Gasteiger partial charge in [-0.05, 0) is 6.42 Å². The van der Waals surface area contributed by atoms with E-state index in [4.69, 9.17) is 4.84 Å². The fourth-order valence-corrected chi connectivity index (χ4v) is 0.225. The molecule has 0 amide bonds. The zero-order valence-electron chi connectivity index (χ0n) is 4.82. The second-order valence-electron chi connectivity index (χ2n) is 1.20. The summed E-state index contributed by atoms with van der Waals surface area (Å²) in [7, 11) is 1.76. The van der Waals surface area contributed by atoms with Gasteiger partial charge in [-0.25, -0.2) is 5.43 Å². The number of rotatable bonds is 4. The maximum atomic E-state index is 4.77. The average Bonchev–Trinajstić information content (AvgIpc) is 1.69. The molecule has 0 saturated heterocycles. The van der Waals surface area contributed by atoms with Crippen molar-refractivity contribution >= 4 is 0 Å². The van der Waals surface area contributed by atoms with Crippen LogP contribution in [0.2, 0.25) is 0 Å². The monoisotopic (exact) mass is 104 g/mol. The second kappa shape index (κ2) is 5.88. The summed E-state index contributed by atoms with van der Waals surface area (Å²) in [5, 5.41) is 0. The molecule has 44 valence electrons. The van der Waals surface area contributed by atoms with Crippen LogP contribution in [0.5, 0.6) is 0 Å². The van der Waals surface area contributed by atoms with E-state index in [1.165, 1.54) is 0 Å². The quantitative estimate of drug-likeness (QED) is 0.390.